The maximum absolute atomic E-state index is 13.6. The molecular weight excluding hydrogens is 263 g/mol. The minimum atomic E-state index is -0.548. The van der Waals surface area contributed by atoms with Gasteiger partial charge >= 0.3 is 0 Å². The molecule has 20 heavy (non-hydrogen) atoms. The number of benzene rings is 1. The number of methoxy groups -OCH3 is 1. The molecule has 1 aliphatic heterocycles. The molecule has 0 aromatic heterocycles. The normalized spacial score (nSPS) is 19.6. The number of ether oxygens (including phenoxy) is 1. The highest BCUT2D eigenvalue weighted by Gasteiger charge is 2.26. The van der Waals surface area contributed by atoms with Crippen molar-refractivity contribution in [1.82, 2.24) is 10.2 Å². The Bertz CT molecular complexity index is 533. The number of hydrogen-bond donors (Lipinski definition) is 1. The summed E-state index contributed by atoms with van der Waals surface area (Å²) < 4.78 is 18.5. The van der Waals surface area contributed by atoms with E-state index in [4.69, 9.17) is 4.74 Å². The fraction of sp³-hybridized carbons (Fsp3) is 0.429. The lowest BCUT2D eigenvalue weighted by molar-refractivity contribution is -0.133. The quantitative estimate of drug-likeness (QED) is 0.901. The fourth-order valence-electron chi connectivity index (χ4n) is 2.18. The monoisotopic (exact) mass is 280 g/mol. The third kappa shape index (κ3) is 3.07. The van der Waals surface area contributed by atoms with Crippen molar-refractivity contribution >= 4 is 11.8 Å². The maximum atomic E-state index is 13.6. The molecular formula is C14H17FN2O3. The largest absolute Gasteiger partial charge is 0.494 e. The first kappa shape index (κ1) is 14.3. The molecule has 1 aromatic rings. The van der Waals surface area contributed by atoms with Crippen molar-refractivity contribution in [1.29, 1.82) is 0 Å². The highest BCUT2D eigenvalue weighted by Crippen LogP contribution is 2.19. The summed E-state index contributed by atoms with van der Waals surface area (Å²) in [5, 5.41) is 2.61. The molecule has 1 unspecified atom stereocenters. The number of hydrogen-bond acceptors (Lipinski definition) is 3. The van der Waals surface area contributed by atoms with Crippen LogP contribution in [0.4, 0.5) is 4.39 Å². The molecule has 1 aliphatic rings. The first-order valence-corrected chi connectivity index (χ1v) is 6.42. The molecule has 5 nitrogen and oxygen atoms in total. The average Bonchev–Trinajstić information content (AvgIpc) is 2.52. The van der Waals surface area contributed by atoms with Crippen LogP contribution in [0.5, 0.6) is 5.75 Å². The van der Waals surface area contributed by atoms with E-state index in [-0.39, 0.29) is 30.5 Å². The van der Waals surface area contributed by atoms with Gasteiger partial charge in [0.05, 0.1) is 7.11 Å². The summed E-state index contributed by atoms with van der Waals surface area (Å²) in [5.41, 5.74) is 0.665. The van der Waals surface area contributed by atoms with Gasteiger partial charge in [-0.1, -0.05) is 6.07 Å². The van der Waals surface area contributed by atoms with Crippen molar-refractivity contribution < 1.29 is 18.7 Å². The van der Waals surface area contributed by atoms with Crippen molar-refractivity contribution in [3.63, 3.8) is 0 Å². The number of rotatable bonds is 3. The van der Waals surface area contributed by atoms with Gasteiger partial charge in [-0.15, -0.1) is 0 Å². The second kappa shape index (κ2) is 5.90. The van der Waals surface area contributed by atoms with Gasteiger partial charge in [0.2, 0.25) is 11.8 Å². The summed E-state index contributed by atoms with van der Waals surface area (Å²) in [5.74, 6) is -0.600. The van der Waals surface area contributed by atoms with Gasteiger partial charge in [0.1, 0.15) is 6.04 Å². The lowest BCUT2D eigenvalue weighted by Crippen LogP contribution is -2.42. The number of carbonyl (C=O) groups is 2. The van der Waals surface area contributed by atoms with Crippen LogP contribution >= 0.6 is 0 Å². The number of nitrogens with one attached hydrogen (secondary N) is 1. The van der Waals surface area contributed by atoms with Crippen molar-refractivity contribution in [3.05, 3.63) is 29.6 Å². The summed E-state index contributed by atoms with van der Waals surface area (Å²) in [6, 6.07) is 4.03. The summed E-state index contributed by atoms with van der Waals surface area (Å²) in [6.45, 7) is 2.26. The van der Waals surface area contributed by atoms with Crippen LogP contribution < -0.4 is 10.1 Å². The summed E-state index contributed by atoms with van der Waals surface area (Å²) in [6.07, 6.45) is 0.259. The third-order valence-corrected chi connectivity index (χ3v) is 3.26. The predicted octanol–water partition coefficient (Wildman–Crippen LogP) is 1.07. The molecule has 1 N–H and O–H groups in total. The van der Waals surface area contributed by atoms with Crippen molar-refractivity contribution in [2.24, 2.45) is 0 Å². The Labute approximate surface area is 116 Å². The highest BCUT2D eigenvalue weighted by atomic mass is 19.1. The first-order chi connectivity index (χ1) is 9.51. The third-order valence-electron chi connectivity index (χ3n) is 3.26. The molecule has 0 spiro atoms. The summed E-state index contributed by atoms with van der Waals surface area (Å²) in [4.78, 5) is 25.1. The zero-order chi connectivity index (χ0) is 14.7. The fourth-order valence-corrected chi connectivity index (χ4v) is 2.18. The van der Waals surface area contributed by atoms with E-state index in [1.807, 2.05) is 0 Å². The van der Waals surface area contributed by atoms with E-state index in [1.165, 1.54) is 19.2 Å². The number of amides is 2. The van der Waals surface area contributed by atoms with Crippen LogP contribution in [0.1, 0.15) is 18.9 Å². The molecule has 1 fully saturated rings. The molecule has 108 valence electrons. The first-order valence-electron chi connectivity index (χ1n) is 6.42. The van der Waals surface area contributed by atoms with E-state index in [0.29, 0.717) is 12.1 Å². The van der Waals surface area contributed by atoms with Crippen LogP contribution in [0.2, 0.25) is 0 Å². The molecule has 2 rings (SSSR count). The Morgan fingerprint density at radius 3 is 2.85 bits per heavy atom. The topological polar surface area (TPSA) is 58.6 Å². The van der Waals surface area contributed by atoms with Crippen LogP contribution in [-0.4, -0.2) is 36.4 Å². The standard InChI is InChI=1S/C14H17FN2O3/c1-9-14(19)17(6-5-13(18)16-9)8-10-3-4-12(20-2)11(15)7-10/h3-4,7,9H,5-6,8H2,1-2H3,(H,16,18). The van der Waals surface area contributed by atoms with Crippen LogP contribution in [0, 0.1) is 5.82 Å². The van der Waals surface area contributed by atoms with Crippen molar-refractivity contribution in [2.75, 3.05) is 13.7 Å². The minimum absolute atomic E-state index is 0.144. The van der Waals surface area contributed by atoms with E-state index < -0.39 is 11.9 Å². The summed E-state index contributed by atoms with van der Waals surface area (Å²) >= 11 is 0. The zero-order valence-electron chi connectivity index (χ0n) is 11.5. The predicted molar refractivity (Wildman–Crippen MR) is 70.6 cm³/mol. The van der Waals surface area contributed by atoms with Crippen LogP contribution in [0.15, 0.2) is 18.2 Å². The van der Waals surface area contributed by atoms with Gasteiger partial charge in [-0.05, 0) is 24.6 Å². The van der Waals surface area contributed by atoms with Crippen LogP contribution in [-0.2, 0) is 16.1 Å². The Balaban J connectivity index is 2.13. The molecule has 1 heterocycles. The molecule has 1 saturated heterocycles. The highest BCUT2D eigenvalue weighted by molar-refractivity contribution is 5.89. The van der Waals surface area contributed by atoms with E-state index in [0.717, 1.165) is 0 Å². The average molecular weight is 280 g/mol. The van der Waals surface area contributed by atoms with E-state index in [1.54, 1.807) is 17.9 Å². The Morgan fingerprint density at radius 1 is 1.45 bits per heavy atom. The molecule has 0 bridgehead atoms. The SMILES string of the molecule is COc1ccc(CN2CCC(=O)NC(C)C2=O)cc1F. The lowest BCUT2D eigenvalue weighted by Gasteiger charge is -2.22. The van der Waals surface area contributed by atoms with Gasteiger partial charge in [0.25, 0.3) is 0 Å². The number of halogens is 1. The molecule has 0 aliphatic carbocycles. The number of nitrogens with zero attached hydrogens (tertiary/aromatic N) is 1. The van der Waals surface area contributed by atoms with E-state index in [9.17, 15) is 14.0 Å². The van der Waals surface area contributed by atoms with E-state index >= 15 is 0 Å². The van der Waals surface area contributed by atoms with Crippen LogP contribution in [0.3, 0.4) is 0 Å². The Morgan fingerprint density at radius 2 is 2.20 bits per heavy atom. The molecule has 6 heteroatoms. The van der Waals surface area contributed by atoms with Gasteiger partial charge in [-0.25, -0.2) is 4.39 Å². The molecule has 2 amide bonds. The lowest BCUT2D eigenvalue weighted by atomic mass is 10.2. The number of carbonyl (C=O) groups excluding carboxylic acids is 2. The molecule has 0 saturated carbocycles. The summed E-state index contributed by atoms with van der Waals surface area (Å²) in [7, 11) is 1.40. The van der Waals surface area contributed by atoms with Crippen LogP contribution in [0.25, 0.3) is 0 Å². The molecule has 0 radical (unpaired) electrons. The Kier molecular flexibility index (Phi) is 4.22. The maximum Gasteiger partial charge on any atom is 0.245 e. The molecule has 1 atom stereocenters. The van der Waals surface area contributed by atoms with Gasteiger partial charge in [-0.2, -0.15) is 0 Å². The van der Waals surface area contributed by atoms with Gasteiger partial charge in [0, 0.05) is 19.5 Å². The Hall–Kier alpha value is -2.11. The van der Waals surface area contributed by atoms with Gasteiger partial charge in [-0.3, -0.25) is 9.59 Å². The van der Waals surface area contributed by atoms with E-state index in [2.05, 4.69) is 5.32 Å². The second-order valence-corrected chi connectivity index (χ2v) is 4.77. The smallest absolute Gasteiger partial charge is 0.245 e. The van der Waals surface area contributed by atoms with Crippen molar-refractivity contribution in [2.45, 2.75) is 25.9 Å². The second-order valence-electron chi connectivity index (χ2n) is 4.77. The van der Waals surface area contributed by atoms with Gasteiger partial charge in [0.15, 0.2) is 11.6 Å². The minimum Gasteiger partial charge on any atom is -0.494 e. The van der Waals surface area contributed by atoms with Gasteiger partial charge < -0.3 is 15.0 Å². The zero-order valence-corrected chi connectivity index (χ0v) is 11.5. The van der Waals surface area contributed by atoms with Crippen molar-refractivity contribution in [3.8, 4) is 5.75 Å². The molecule has 1 aromatic carbocycles.